The Morgan fingerprint density at radius 2 is 2.08 bits per heavy atom. The Labute approximate surface area is 78.4 Å². The third kappa shape index (κ3) is 6.31. The van der Waals surface area contributed by atoms with Crippen molar-refractivity contribution in [2.75, 3.05) is 13.2 Å². The van der Waals surface area contributed by atoms with Crippen molar-refractivity contribution in [3.8, 4) is 0 Å². The van der Waals surface area contributed by atoms with Crippen LogP contribution in [-0.4, -0.2) is 34.4 Å². The fraction of sp³-hybridized carbons (Fsp3) is 0.667. The maximum absolute atomic E-state index is 11.1. The van der Waals surface area contributed by atoms with Crippen molar-refractivity contribution in [3.63, 3.8) is 0 Å². The fourth-order valence-electron chi connectivity index (χ4n) is 0.918. The molecule has 0 saturated carbocycles. The number of aliphatic hydroxyl groups excluding tert-OH is 1. The molecular weight excluding hydrogens is 170 g/mol. The lowest BCUT2D eigenvalue weighted by Gasteiger charge is -2.11. The minimum absolute atomic E-state index is 0.156. The zero-order chi connectivity index (χ0) is 10.1. The molecule has 0 aliphatic heterocycles. The first-order valence-electron chi connectivity index (χ1n) is 4.43. The first-order valence-corrected chi connectivity index (χ1v) is 4.43. The Balaban J connectivity index is 3.44. The van der Waals surface area contributed by atoms with Crippen LogP contribution < -0.4 is 0 Å². The summed E-state index contributed by atoms with van der Waals surface area (Å²) in [5.74, 6) is -0.294. The van der Waals surface area contributed by atoms with Gasteiger partial charge in [-0.05, 0) is 12.8 Å². The average molecular weight is 187 g/mol. The molecule has 0 heterocycles. The van der Waals surface area contributed by atoms with Gasteiger partial charge in [0.2, 0.25) is 5.91 Å². The van der Waals surface area contributed by atoms with Gasteiger partial charge in [0, 0.05) is 13.0 Å². The lowest BCUT2D eigenvalue weighted by Crippen LogP contribution is -2.27. The van der Waals surface area contributed by atoms with Crippen molar-refractivity contribution >= 4 is 5.91 Å². The molecule has 0 unspecified atom stereocenters. The van der Waals surface area contributed by atoms with Crippen LogP contribution in [0.3, 0.4) is 0 Å². The summed E-state index contributed by atoms with van der Waals surface area (Å²) in [4.78, 5) is 11.1. The van der Waals surface area contributed by atoms with Crippen molar-refractivity contribution in [1.29, 1.82) is 0 Å². The molecule has 0 spiro atoms. The molecule has 0 fully saturated rings. The second kappa shape index (κ2) is 7.76. The van der Waals surface area contributed by atoms with Gasteiger partial charge in [0.15, 0.2) is 0 Å². The van der Waals surface area contributed by atoms with E-state index >= 15 is 0 Å². The third-order valence-corrected chi connectivity index (χ3v) is 1.64. The normalized spacial score (nSPS) is 9.69. The number of aliphatic hydroxyl groups is 1. The van der Waals surface area contributed by atoms with E-state index in [1.54, 1.807) is 0 Å². The first kappa shape index (κ1) is 12.1. The van der Waals surface area contributed by atoms with Gasteiger partial charge in [-0.15, -0.1) is 6.58 Å². The highest BCUT2D eigenvalue weighted by atomic mass is 16.5. The second-order valence-corrected chi connectivity index (χ2v) is 2.80. The van der Waals surface area contributed by atoms with Gasteiger partial charge in [-0.3, -0.25) is 10.0 Å². The molecule has 0 aliphatic rings. The van der Waals surface area contributed by atoms with Gasteiger partial charge in [-0.1, -0.05) is 12.5 Å². The van der Waals surface area contributed by atoms with Crippen LogP contribution in [0.25, 0.3) is 0 Å². The SMILES string of the molecule is C=CCN(O)C(=O)CCCCCO. The van der Waals surface area contributed by atoms with Gasteiger partial charge >= 0.3 is 0 Å². The molecule has 0 bridgehead atoms. The highest BCUT2D eigenvalue weighted by Crippen LogP contribution is 2.01. The van der Waals surface area contributed by atoms with Gasteiger partial charge in [0.1, 0.15) is 0 Å². The molecule has 4 heteroatoms. The molecule has 4 nitrogen and oxygen atoms in total. The van der Waals surface area contributed by atoms with E-state index in [1.165, 1.54) is 6.08 Å². The molecule has 76 valence electrons. The zero-order valence-corrected chi connectivity index (χ0v) is 7.78. The number of amides is 1. The van der Waals surface area contributed by atoms with E-state index in [2.05, 4.69) is 6.58 Å². The number of unbranched alkanes of at least 4 members (excludes halogenated alkanes) is 2. The number of nitrogens with zero attached hydrogens (tertiary/aromatic N) is 1. The molecule has 0 aliphatic carbocycles. The molecule has 2 N–H and O–H groups in total. The van der Waals surface area contributed by atoms with Crippen molar-refractivity contribution in [3.05, 3.63) is 12.7 Å². The van der Waals surface area contributed by atoms with Crippen LogP contribution in [0, 0.1) is 0 Å². The molecule has 0 aromatic heterocycles. The Bertz CT molecular complexity index is 159. The third-order valence-electron chi connectivity index (χ3n) is 1.64. The van der Waals surface area contributed by atoms with E-state index in [9.17, 15) is 4.79 Å². The summed E-state index contributed by atoms with van der Waals surface area (Å²) in [5, 5.41) is 18.2. The van der Waals surface area contributed by atoms with E-state index in [-0.39, 0.29) is 19.1 Å². The molecule has 0 saturated heterocycles. The summed E-state index contributed by atoms with van der Waals surface area (Å²) < 4.78 is 0. The van der Waals surface area contributed by atoms with E-state index in [4.69, 9.17) is 10.3 Å². The number of carbonyl (C=O) groups excluding carboxylic acids is 1. The topological polar surface area (TPSA) is 60.8 Å². The molecule has 1 amide bonds. The maximum atomic E-state index is 11.1. The maximum Gasteiger partial charge on any atom is 0.246 e. The Hall–Kier alpha value is -0.870. The molecule has 0 rings (SSSR count). The second-order valence-electron chi connectivity index (χ2n) is 2.80. The minimum Gasteiger partial charge on any atom is -0.396 e. The van der Waals surface area contributed by atoms with Crippen molar-refractivity contribution in [2.24, 2.45) is 0 Å². The summed E-state index contributed by atoms with van der Waals surface area (Å²) in [6.07, 6.45) is 4.01. The Morgan fingerprint density at radius 3 is 2.62 bits per heavy atom. The quantitative estimate of drug-likeness (QED) is 0.270. The van der Waals surface area contributed by atoms with Gasteiger partial charge in [-0.25, -0.2) is 5.06 Å². The average Bonchev–Trinajstić information content (AvgIpc) is 2.12. The molecule has 13 heavy (non-hydrogen) atoms. The monoisotopic (exact) mass is 187 g/mol. The van der Waals surface area contributed by atoms with Crippen molar-refractivity contribution in [2.45, 2.75) is 25.7 Å². The lowest BCUT2D eigenvalue weighted by atomic mass is 10.2. The van der Waals surface area contributed by atoms with Crippen molar-refractivity contribution in [1.82, 2.24) is 5.06 Å². The minimum atomic E-state index is -0.294. The summed E-state index contributed by atoms with van der Waals surface area (Å²) >= 11 is 0. The van der Waals surface area contributed by atoms with Crippen LogP contribution in [0.5, 0.6) is 0 Å². The zero-order valence-electron chi connectivity index (χ0n) is 7.78. The van der Waals surface area contributed by atoms with Gasteiger partial charge in [0.05, 0.1) is 6.54 Å². The largest absolute Gasteiger partial charge is 0.396 e. The molecular formula is C9H17NO3. The van der Waals surface area contributed by atoms with Crippen LogP contribution in [-0.2, 0) is 4.79 Å². The molecule has 0 radical (unpaired) electrons. The molecule has 0 aromatic carbocycles. The van der Waals surface area contributed by atoms with Crippen LogP contribution in [0.15, 0.2) is 12.7 Å². The van der Waals surface area contributed by atoms with Crippen LogP contribution in [0.4, 0.5) is 0 Å². The van der Waals surface area contributed by atoms with E-state index in [0.29, 0.717) is 24.3 Å². The summed E-state index contributed by atoms with van der Waals surface area (Å²) in [5.41, 5.74) is 0. The van der Waals surface area contributed by atoms with Gasteiger partial charge in [0.25, 0.3) is 0 Å². The summed E-state index contributed by atoms with van der Waals surface area (Å²) in [7, 11) is 0. The van der Waals surface area contributed by atoms with Crippen LogP contribution >= 0.6 is 0 Å². The Morgan fingerprint density at radius 1 is 1.38 bits per heavy atom. The summed E-state index contributed by atoms with van der Waals surface area (Å²) in [6.45, 7) is 3.73. The standard InChI is InChI=1S/C9H17NO3/c1-2-7-10(13)9(12)6-4-3-5-8-11/h2,11,13H,1,3-8H2. The summed E-state index contributed by atoms with van der Waals surface area (Å²) in [6, 6.07) is 0. The number of hydrogen-bond acceptors (Lipinski definition) is 3. The molecule has 0 aromatic rings. The van der Waals surface area contributed by atoms with Crippen LogP contribution in [0.1, 0.15) is 25.7 Å². The fourth-order valence-corrected chi connectivity index (χ4v) is 0.918. The predicted octanol–water partition coefficient (Wildman–Crippen LogP) is 0.943. The Kier molecular flexibility index (Phi) is 7.24. The van der Waals surface area contributed by atoms with E-state index in [1.807, 2.05) is 0 Å². The highest BCUT2D eigenvalue weighted by molar-refractivity contribution is 5.74. The van der Waals surface area contributed by atoms with Gasteiger partial charge in [-0.2, -0.15) is 0 Å². The number of hydroxylamine groups is 2. The lowest BCUT2D eigenvalue weighted by molar-refractivity contribution is -0.162. The number of carbonyl (C=O) groups is 1. The molecule has 0 atom stereocenters. The smallest absolute Gasteiger partial charge is 0.246 e. The first-order chi connectivity index (χ1) is 6.22. The van der Waals surface area contributed by atoms with Crippen molar-refractivity contribution < 1.29 is 15.1 Å². The van der Waals surface area contributed by atoms with E-state index < -0.39 is 0 Å². The van der Waals surface area contributed by atoms with Gasteiger partial charge < -0.3 is 5.11 Å². The van der Waals surface area contributed by atoms with Crippen LogP contribution in [0.2, 0.25) is 0 Å². The number of rotatable bonds is 7. The van der Waals surface area contributed by atoms with E-state index in [0.717, 1.165) is 6.42 Å². The highest BCUT2D eigenvalue weighted by Gasteiger charge is 2.07. The predicted molar refractivity (Wildman–Crippen MR) is 49.3 cm³/mol. The number of hydrogen-bond donors (Lipinski definition) is 2.